The largest absolute Gasteiger partial charge is 0.478 e. The second-order valence-corrected chi connectivity index (χ2v) is 17.9. The third kappa shape index (κ3) is 3.85. The van der Waals surface area contributed by atoms with Gasteiger partial charge in [-0.05, 0) is 127 Å². The maximum absolute atomic E-state index is 13.4. The number of rotatable bonds is 3. The van der Waals surface area contributed by atoms with Crippen LogP contribution in [0, 0.1) is 56.2 Å². The summed E-state index contributed by atoms with van der Waals surface area (Å²) in [7, 11) is 0. The van der Waals surface area contributed by atoms with E-state index in [2.05, 4.69) is 48.5 Å². The molecule has 0 spiro atoms. The van der Waals surface area contributed by atoms with E-state index in [9.17, 15) is 14.7 Å². The average molecular weight is 591 g/mol. The number of hydrogen-bond acceptors (Lipinski definition) is 4. The van der Waals surface area contributed by atoms with Crippen molar-refractivity contribution in [3.8, 4) is 0 Å². The fourth-order valence-corrected chi connectivity index (χ4v) is 13.2. The van der Waals surface area contributed by atoms with Crippen LogP contribution in [0.5, 0.6) is 0 Å². The Morgan fingerprint density at radius 1 is 0.791 bits per heavy atom. The highest BCUT2D eigenvalue weighted by atomic mass is 16.5. The van der Waals surface area contributed by atoms with E-state index in [0.717, 1.165) is 25.4 Å². The third-order valence-corrected chi connectivity index (χ3v) is 15.7. The summed E-state index contributed by atoms with van der Waals surface area (Å²) in [6.07, 6.45) is 12.4. The maximum Gasteiger partial charge on any atom is 0.339 e. The molecule has 6 fully saturated rings. The van der Waals surface area contributed by atoms with Gasteiger partial charge in [-0.25, -0.2) is 9.59 Å². The van der Waals surface area contributed by atoms with Crippen molar-refractivity contribution >= 4 is 11.9 Å². The molecule has 1 saturated heterocycles. The number of carbonyl (C=O) groups is 2. The standard InChI is InChI=1S/C38H54O5/c1-33(2)18-20-38-21-19-36(6)25(29(38)30(33)42-22-38)12-13-27-35(5)16-15-28(34(3,4)26(35)14-17-37(27,36)7)43-32(41)24-11-9-8-10-23(24)31(39)40/h8-11,25-30H,12-22H2,1-7H3,(H,39,40)/t25-,26-,27-,28-,29-,30+,35+,36-,37-,38-/m1/s1. The second kappa shape index (κ2) is 9.33. The second-order valence-electron chi connectivity index (χ2n) is 17.9. The zero-order valence-electron chi connectivity index (χ0n) is 27.6. The molecule has 236 valence electrons. The summed E-state index contributed by atoms with van der Waals surface area (Å²) in [6, 6.07) is 6.43. The van der Waals surface area contributed by atoms with Gasteiger partial charge in [0.05, 0.1) is 23.8 Å². The van der Waals surface area contributed by atoms with Crippen LogP contribution in [-0.2, 0) is 9.47 Å². The fraction of sp³-hybridized carbons (Fsp3) is 0.789. The van der Waals surface area contributed by atoms with Crippen molar-refractivity contribution in [3.05, 3.63) is 35.4 Å². The third-order valence-electron chi connectivity index (χ3n) is 15.7. The van der Waals surface area contributed by atoms with E-state index in [4.69, 9.17) is 9.47 Å². The van der Waals surface area contributed by atoms with E-state index >= 15 is 0 Å². The number of hydrogen-bond donors (Lipinski definition) is 1. The van der Waals surface area contributed by atoms with Crippen LogP contribution in [-0.4, -0.2) is 35.9 Å². The molecule has 0 unspecified atom stereocenters. The van der Waals surface area contributed by atoms with E-state index in [-0.39, 0.29) is 33.5 Å². The van der Waals surface area contributed by atoms with Gasteiger partial charge in [-0.1, -0.05) is 60.6 Å². The summed E-state index contributed by atoms with van der Waals surface area (Å²) in [5.74, 6) is 0.976. The number of benzene rings is 1. The Morgan fingerprint density at radius 3 is 2.21 bits per heavy atom. The van der Waals surface area contributed by atoms with Crippen molar-refractivity contribution in [2.24, 2.45) is 56.2 Å². The van der Waals surface area contributed by atoms with Crippen LogP contribution < -0.4 is 0 Å². The van der Waals surface area contributed by atoms with Crippen molar-refractivity contribution in [3.63, 3.8) is 0 Å². The van der Waals surface area contributed by atoms with Gasteiger partial charge in [0.25, 0.3) is 0 Å². The Bertz CT molecular complexity index is 1330. The van der Waals surface area contributed by atoms with Crippen molar-refractivity contribution in [1.82, 2.24) is 0 Å². The summed E-state index contributed by atoms with van der Waals surface area (Å²) < 4.78 is 13.0. The van der Waals surface area contributed by atoms with E-state index in [0.29, 0.717) is 40.1 Å². The van der Waals surface area contributed by atoms with Gasteiger partial charge >= 0.3 is 11.9 Å². The topological polar surface area (TPSA) is 72.8 Å². The highest BCUT2D eigenvalue weighted by molar-refractivity contribution is 6.02. The predicted molar refractivity (Wildman–Crippen MR) is 167 cm³/mol. The Hall–Kier alpha value is -1.88. The highest BCUT2D eigenvalue weighted by Gasteiger charge is 2.73. The van der Waals surface area contributed by atoms with E-state index in [1.165, 1.54) is 57.4 Å². The van der Waals surface area contributed by atoms with Crippen LogP contribution in [0.25, 0.3) is 0 Å². The van der Waals surface area contributed by atoms with Crippen LogP contribution >= 0.6 is 0 Å². The number of esters is 1. The molecule has 0 radical (unpaired) electrons. The first-order valence-corrected chi connectivity index (χ1v) is 17.3. The Morgan fingerprint density at radius 2 is 1.49 bits per heavy atom. The van der Waals surface area contributed by atoms with Gasteiger partial charge in [0.15, 0.2) is 0 Å². The lowest BCUT2D eigenvalue weighted by Gasteiger charge is -2.73. The number of carboxylic acid groups (broad SMARTS) is 1. The molecule has 7 rings (SSSR count). The maximum atomic E-state index is 13.4. The molecule has 2 bridgehead atoms. The Kier molecular flexibility index (Phi) is 6.47. The minimum Gasteiger partial charge on any atom is -0.478 e. The number of aromatic carboxylic acids is 1. The minimum absolute atomic E-state index is 0.0128. The summed E-state index contributed by atoms with van der Waals surface area (Å²) in [5.41, 5.74) is 1.49. The minimum atomic E-state index is -1.09. The van der Waals surface area contributed by atoms with E-state index in [1.807, 2.05) is 0 Å². The molecule has 5 nitrogen and oxygen atoms in total. The first-order chi connectivity index (χ1) is 20.1. The van der Waals surface area contributed by atoms with Gasteiger partial charge in [0.1, 0.15) is 6.10 Å². The lowest BCUT2D eigenvalue weighted by atomic mass is 9.31. The smallest absolute Gasteiger partial charge is 0.339 e. The number of ether oxygens (including phenoxy) is 2. The molecule has 0 aromatic heterocycles. The van der Waals surface area contributed by atoms with Gasteiger partial charge in [-0.3, -0.25) is 0 Å². The molecule has 10 atom stereocenters. The number of carbonyl (C=O) groups excluding carboxylic acids is 1. The molecule has 43 heavy (non-hydrogen) atoms. The normalized spacial score (nSPS) is 47.3. The van der Waals surface area contributed by atoms with Crippen LogP contribution in [0.4, 0.5) is 0 Å². The Balaban J connectivity index is 1.16. The number of fused-ring (bicyclic) bond motifs is 5. The fourth-order valence-electron chi connectivity index (χ4n) is 13.2. The van der Waals surface area contributed by atoms with Crippen molar-refractivity contribution < 1.29 is 24.2 Å². The lowest BCUT2D eigenvalue weighted by Crippen LogP contribution is -2.68. The highest BCUT2D eigenvalue weighted by Crippen LogP contribution is 2.78. The molecule has 1 heterocycles. The van der Waals surface area contributed by atoms with Gasteiger partial charge in [-0.15, -0.1) is 0 Å². The molecule has 6 aliphatic rings. The zero-order chi connectivity index (χ0) is 30.8. The summed E-state index contributed by atoms with van der Waals surface area (Å²) in [5, 5.41) is 9.66. The van der Waals surface area contributed by atoms with E-state index in [1.54, 1.807) is 18.2 Å². The monoisotopic (exact) mass is 590 g/mol. The first-order valence-electron chi connectivity index (χ1n) is 17.3. The molecule has 0 amide bonds. The Labute approximate surface area is 258 Å². The van der Waals surface area contributed by atoms with E-state index < -0.39 is 11.9 Å². The number of carboxylic acids is 1. The quantitative estimate of drug-likeness (QED) is 0.356. The van der Waals surface area contributed by atoms with Gasteiger partial charge in [0.2, 0.25) is 0 Å². The molecule has 5 aliphatic carbocycles. The van der Waals surface area contributed by atoms with Crippen LogP contribution in [0.1, 0.15) is 133 Å². The molecule has 5 heteroatoms. The molecule has 5 saturated carbocycles. The predicted octanol–water partition coefficient (Wildman–Crippen LogP) is 8.80. The van der Waals surface area contributed by atoms with Gasteiger partial charge < -0.3 is 14.6 Å². The van der Waals surface area contributed by atoms with Crippen LogP contribution in [0.2, 0.25) is 0 Å². The molecular formula is C38H54O5. The summed E-state index contributed by atoms with van der Waals surface area (Å²) >= 11 is 0. The average Bonchev–Trinajstić information content (AvgIpc) is 3.29. The van der Waals surface area contributed by atoms with Crippen molar-refractivity contribution in [1.29, 1.82) is 0 Å². The van der Waals surface area contributed by atoms with Crippen molar-refractivity contribution in [2.45, 2.75) is 125 Å². The summed E-state index contributed by atoms with van der Waals surface area (Å²) in [6.45, 7) is 18.5. The molecule has 1 aromatic carbocycles. The molecule has 1 N–H and O–H groups in total. The van der Waals surface area contributed by atoms with Crippen LogP contribution in [0.15, 0.2) is 24.3 Å². The summed E-state index contributed by atoms with van der Waals surface area (Å²) in [4.78, 5) is 25.2. The van der Waals surface area contributed by atoms with Crippen molar-refractivity contribution in [2.75, 3.05) is 6.61 Å². The van der Waals surface area contributed by atoms with Gasteiger partial charge in [-0.2, -0.15) is 0 Å². The van der Waals surface area contributed by atoms with Gasteiger partial charge in [0, 0.05) is 5.41 Å². The van der Waals surface area contributed by atoms with Crippen LogP contribution in [0.3, 0.4) is 0 Å². The molecule has 1 aromatic rings. The lowest BCUT2D eigenvalue weighted by molar-refractivity contribution is -0.252. The molecular weight excluding hydrogens is 536 g/mol. The molecule has 1 aliphatic heterocycles. The zero-order valence-corrected chi connectivity index (χ0v) is 27.6. The SMILES string of the molecule is CC1(C)CC[C@]23CC[C@]4(C)[C@H](CC[C@@H]5[C@@]6(C)CC[C@@H](OC(=O)c7ccccc7C(=O)O)C(C)(C)[C@H]6CC[C@]54C)[C@@H]2[C@@H]1OC3. The first kappa shape index (κ1) is 29.8.